The lowest BCUT2D eigenvalue weighted by Crippen LogP contribution is -2.29. The average Bonchev–Trinajstić information content (AvgIpc) is 2.97. The van der Waals surface area contributed by atoms with E-state index < -0.39 is 0 Å². The average molecular weight is 301 g/mol. The lowest BCUT2D eigenvalue weighted by molar-refractivity contribution is -0.150. The molecule has 118 valence electrons. The SMILES string of the molecule is C=CC[C@H]1CN(C(=O)CC)CC1C(=O)OCc1ccccc1. The van der Waals surface area contributed by atoms with Gasteiger partial charge in [-0.25, -0.2) is 0 Å². The Kier molecular flexibility index (Phi) is 5.75. The molecule has 1 fully saturated rings. The zero-order valence-corrected chi connectivity index (χ0v) is 13.0. The van der Waals surface area contributed by atoms with E-state index in [2.05, 4.69) is 6.58 Å². The first-order valence-electron chi connectivity index (χ1n) is 7.75. The molecule has 0 bridgehead atoms. The van der Waals surface area contributed by atoms with Crippen LogP contribution in [0.1, 0.15) is 25.3 Å². The molecule has 22 heavy (non-hydrogen) atoms. The lowest BCUT2D eigenvalue weighted by atomic mass is 9.93. The van der Waals surface area contributed by atoms with Crippen molar-refractivity contribution in [3.05, 3.63) is 48.6 Å². The van der Waals surface area contributed by atoms with Crippen LogP contribution in [0.2, 0.25) is 0 Å². The fraction of sp³-hybridized carbons (Fsp3) is 0.444. The summed E-state index contributed by atoms with van der Waals surface area (Å²) in [6, 6.07) is 9.62. The number of likely N-dealkylation sites (tertiary alicyclic amines) is 1. The van der Waals surface area contributed by atoms with E-state index in [1.807, 2.05) is 43.3 Å². The first-order valence-corrected chi connectivity index (χ1v) is 7.75. The molecule has 1 aromatic carbocycles. The molecule has 1 heterocycles. The van der Waals surface area contributed by atoms with Crippen molar-refractivity contribution in [2.24, 2.45) is 11.8 Å². The topological polar surface area (TPSA) is 46.6 Å². The van der Waals surface area contributed by atoms with Gasteiger partial charge in [-0.05, 0) is 17.9 Å². The van der Waals surface area contributed by atoms with E-state index in [1.54, 1.807) is 4.90 Å². The third-order valence-corrected chi connectivity index (χ3v) is 4.09. The highest BCUT2D eigenvalue weighted by Gasteiger charge is 2.39. The van der Waals surface area contributed by atoms with Gasteiger partial charge in [0.05, 0.1) is 5.92 Å². The van der Waals surface area contributed by atoms with Gasteiger partial charge in [0.1, 0.15) is 6.61 Å². The number of hydrogen-bond donors (Lipinski definition) is 0. The molecule has 1 aliphatic heterocycles. The molecule has 2 rings (SSSR count). The second-order valence-corrected chi connectivity index (χ2v) is 5.64. The van der Waals surface area contributed by atoms with Crippen molar-refractivity contribution in [2.45, 2.75) is 26.4 Å². The summed E-state index contributed by atoms with van der Waals surface area (Å²) in [5, 5.41) is 0. The van der Waals surface area contributed by atoms with Crippen LogP contribution < -0.4 is 0 Å². The monoisotopic (exact) mass is 301 g/mol. The van der Waals surface area contributed by atoms with Crippen LogP contribution in [0, 0.1) is 11.8 Å². The third-order valence-electron chi connectivity index (χ3n) is 4.09. The summed E-state index contributed by atoms with van der Waals surface area (Å²) in [4.78, 5) is 26.0. The highest BCUT2D eigenvalue weighted by atomic mass is 16.5. The zero-order chi connectivity index (χ0) is 15.9. The molecular weight excluding hydrogens is 278 g/mol. The standard InChI is InChI=1S/C18H23NO3/c1-3-8-15-11-19(17(20)4-2)12-16(15)18(21)22-13-14-9-6-5-7-10-14/h3,5-7,9-10,15-16H,1,4,8,11-13H2,2H3/t15-,16?/m0/s1. The van der Waals surface area contributed by atoms with Gasteiger partial charge in [0.25, 0.3) is 0 Å². The maximum Gasteiger partial charge on any atom is 0.311 e. The molecule has 0 spiro atoms. The maximum atomic E-state index is 12.4. The molecule has 1 unspecified atom stereocenters. The molecule has 0 saturated carbocycles. The number of esters is 1. The molecule has 0 radical (unpaired) electrons. The Labute approximate surface area is 131 Å². The van der Waals surface area contributed by atoms with Crippen molar-refractivity contribution >= 4 is 11.9 Å². The number of allylic oxidation sites excluding steroid dienone is 1. The van der Waals surface area contributed by atoms with E-state index in [-0.39, 0.29) is 30.3 Å². The smallest absolute Gasteiger partial charge is 0.311 e. The van der Waals surface area contributed by atoms with Crippen LogP contribution in [0.25, 0.3) is 0 Å². The van der Waals surface area contributed by atoms with Crippen LogP contribution in [0.15, 0.2) is 43.0 Å². The molecule has 4 nitrogen and oxygen atoms in total. The molecule has 1 saturated heterocycles. The van der Waals surface area contributed by atoms with Crippen LogP contribution >= 0.6 is 0 Å². The Hall–Kier alpha value is -2.10. The highest BCUT2D eigenvalue weighted by molar-refractivity contribution is 5.79. The Bertz CT molecular complexity index is 526. The van der Waals surface area contributed by atoms with E-state index in [9.17, 15) is 9.59 Å². The minimum Gasteiger partial charge on any atom is -0.461 e. The van der Waals surface area contributed by atoms with Crippen LogP contribution in [-0.2, 0) is 20.9 Å². The van der Waals surface area contributed by atoms with Gasteiger partial charge in [-0.1, -0.05) is 43.3 Å². The Morgan fingerprint density at radius 2 is 2.05 bits per heavy atom. The summed E-state index contributed by atoms with van der Waals surface area (Å²) in [7, 11) is 0. The molecule has 0 N–H and O–H groups in total. The van der Waals surface area contributed by atoms with E-state index in [1.165, 1.54) is 0 Å². The summed E-state index contributed by atoms with van der Waals surface area (Å²) in [5.41, 5.74) is 0.968. The molecular formula is C18H23NO3. The maximum absolute atomic E-state index is 12.4. The van der Waals surface area contributed by atoms with E-state index in [0.717, 1.165) is 12.0 Å². The molecule has 2 atom stereocenters. The van der Waals surface area contributed by atoms with Crippen LogP contribution in [0.5, 0.6) is 0 Å². The number of benzene rings is 1. The predicted molar refractivity (Wildman–Crippen MR) is 84.9 cm³/mol. The molecule has 1 amide bonds. The molecule has 0 aromatic heterocycles. The van der Waals surface area contributed by atoms with Crippen LogP contribution in [0.3, 0.4) is 0 Å². The first kappa shape index (κ1) is 16.3. The second kappa shape index (κ2) is 7.78. The van der Waals surface area contributed by atoms with Crippen molar-refractivity contribution in [3.63, 3.8) is 0 Å². The second-order valence-electron chi connectivity index (χ2n) is 5.64. The van der Waals surface area contributed by atoms with Gasteiger partial charge in [-0.15, -0.1) is 6.58 Å². The van der Waals surface area contributed by atoms with Crippen LogP contribution in [0.4, 0.5) is 0 Å². The number of hydrogen-bond acceptors (Lipinski definition) is 3. The highest BCUT2D eigenvalue weighted by Crippen LogP contribution is 2.28. The summed E-state index contributed by atoms with van der Waals surface area (Å²) < 4.78 is 5.44. The first-order chi connectivity index (χ1) is 10.7. The summed E-state index contributed by atoms with van der Waals surface area (Å²) in [5.74, 6) is -0.275. The zero-order valence-electron chi connectivity index (χ0n) is 13.0. The van der Waals surface area contributed by atoms with E-state index >= 15 is 0 Å². The van der Waals surface area contributed by atoms with Gasteiger partial charge >= 0.3 is 5.97 Å². The van der Waals surface area contributed by atoms with Gasteiger partial charge < -0.3 is 9.64 Å². The minimum atomic E-state index is -0.253. The van der Waals surface area contributed by atoms with E-state index in [4.69, 9.17) is 4.74 Å². The number of ether oxygens (including phenoxy) is 1. The Balaban J connectivity index is 1.96. The number of nitrogens with zero attached hydrogens (tertiary/aromatic N) is 1. The van der Waals surface area contributed by atoms with Crippen LogP contribution in [-0.4, -0.2) is 29.9 Å². The number of rotatable bonds is 6. The van der Waals surface area contributed by atoms with Gasteiger partial charge in [-0.3, -0.25) is 9.59 Å². The van der Waals surface area contributed by atoms with Crippen molar-refractivity contribution < 1.29 is 14.3 Å². The van der Waals surface area contributed by atoms with Crippen molar-refractivity contribution in [2.75, 3.05) is 13.1 Å². The third kappa shape index (κ3) is 3.97. The Morgan fingerprint density at radius 1 is 1.32 bits per heavy atom. The predicted octanol–water partition coefficient (Wildman–Crippen LogP) is 2.79. The van der Waals surface area contributed by atoms with Gasteiger partial charge in [0, 0.05) is 19.5 Å². The summed E-state index contributed by atoms with van der Waals surface area (Å²) >= 11 is 0. The minimum absolute atomic E-state index is 0.0902. The van der Waals surface area contributed by atoms with Crippen molar-refractivity contribution in [1.29, 1.82) is 0 Å². The number of amides is 1. The van der Waals surface area contributed by atoms with Gasteiger partial charge in [0.15, 0.2) is 0 Å². The molecule has 1 aromatic rings. The lowest BCUT2D eigenvalue weighted by Gasteiger charge is -2.15. The van der Waals surface area contributed by atoms with Gasteiger partial charge in [-0.2, -0.15) is 0 Å². The van der Waals surface area contributed by atoms with Crippen molar-refractivity contribution in [3.8, 4) is 0 Å². The fourth-order valence-electron chi connectivity index (χ4n) is 2.85. The van der Waals surface area contributed by atoms with Crippen molar-refractivity contribution in [1.82, 2.24) is 4.90 Å². The largest absolute Gasteiger partial charge is 0.461 e. The molecule has 4 heteroatoms. The molecule has 0 aliphatic carbocycles. The fourth-order valence-corrected chi connectivity index (χ4v) is 2.85. The summed E-state index contributed by atoms with van der Waals surface area (Å²) in [6.07, 6.45) is 2.99. The normalized spacial score (nSPS) is 20.7. The molecule has 1 aliphatic rings. The quantitative estimate of drug-likeness (QED) is 0.599. The van der Waals surface area contributed by atoms with Gasteiger partial charge in [0.2, 0.25) is 5.91 Å². The Morgan fingerprint density at radius 3 is 2.68 bits per heavy atom. The number of carbonyl (C=O) groups excluding carboxylic acids is 2. The number of carbonyl (C=O) groups is 2. The van der Waals surface area contributed by atoms with E-state index in [0.29, 0.717) is 19.5 Å². The summed E-state index contributed by atoms with van der Waals surface area (Å²) in [6.45, 7) is 6.93.